The van der Waals surface area contributed by atoms with Gasteiger partial charge in [-0.15, -0.1) is 17.4 Å². The standard InChI is InChI=1S/C7H6ClN3.ClH/c8-11-10-7-3-1-6(5-9)2-4-7;/h1-4,10-11H;1H. The van der Waals surface area contributed by atoms with Gasteiger partial charge in [0.05, 0.1) is 17.3 Å². The van der Waals surface area contributed by atoms with E-state index in [1.165, 1.54) is 0 Å². The topological polar surface area (TPSA) is 47.9 Å². The van der Waals surface area contributed by atoms with Crippen LogP contribution in [0.25, 0.3) is 0 Å². The van der Waals surface area contributed by atoms with Crippen LogP contribution in [0, 0.1) is 11.3 Å². The molecule has 0 aliphatic rings. The Labute approximate surface area is 81.8 Å². The third-order valence-corrected chi connectivity index (χ3v) is 1.30. The Hall–Kier alpha value is -0.950. The van der Waals surface area contributed by atoms with Crippen molar-refractivity contribution in [2.24, 2.45) is 0 Å². The summed E-state index contributed by atoms with van der Waals surface area (Å²) in [5, 5.41) is 8.45. The molecule has 0 saturated heterocycles. The molecule has 0 radical (unpaired) electrons. The molecule has 3 nitrogen and oxygen atoms in total. The molecule has 12 heavy (non-hydrogen) atoms. The molecule has 1 aromatic carbocycles. The number of hydrogen-bond acceptors (Lipinski definition) is 3. The van der Waals surface area contributed by atoms with Crippen molar-refractivity contribution in [3.05, 3.63) is 29.8 Å². The molecular weight excluding hydrogens is 197 g/mol. The van der Waals surface area contributed by atoms with Crippen molar-refractivity contribution in [3.63, 3.8) is 0 Å². The second-order valence-electron chi connectivity index (χ2n) is 1.91. The maximum absolute atomic E-state index is 8.45. The van der Waals surface area contributed by atoms with E-state index in [1.807, 2.05) is 6.07 Å². The fraction of sp³-hybridized carbons (Fsp3) is 0. The number of benzene rings is 1. The van der Waals surface area contributed by atoms with E-state index in [9.17, 15) is 0 Å². The summed E-state index contributed by atoms with van der Waals surface area (Å²) in [6, 6.07) is 8.94. The van der Waals surface area contributed by atoms with Crippen LogP contribution >= 0.6 is 24.2 Å². The van der Waals surface area contributed by atoms with Gasteiger partial charge in [-0.05, 0) is 36.0 Å². The van der Waals surface area contributed by atoms with Gasteiger partial charge in [-0.2, -0.15) is 5.26 Å². The normalized spacial score (nSPS) is 8.00. The van der Waals surface area contributed by atoms with Crippen LogP contribution in [-0.4, -0.2) is 0 Å². The molecule has 0 atom stereocenters. The van der Waals surface area contributed by atoms with Gasteiger partial charge in [0, 0.05) is 0 Å². The third-order valence-electron chi connectivity index (χ3n) is 1.21. The zero-order chi connectivity index (χ0) is 8.10. The van der Waals surface area contributed by atoms with Crippen LogP contribution in [0.5, 0.6) is 0 Å². The summed E-state index contributed by atoms with van der Waals surface area (Å²) in [6.45, 7) is 0. The summed E-state index contributed by atoms with van der Waals surface area (Å²) >= 11 is 5.18. The minimum Gasteiger partial charge on any atom is -0.308 e. The van der Waals surface area contributed by atoms with Gasteiger partial charge >= 0.3 is 0 Å². The number of hydrazine groups is 1. The van der Waals surface area contributed by atoms with E-state index in [0.717, 1.165) is 5.69 Å². The van der Waals surface area contributed by atoms with Gasteiger partial charge in [0.25, 0.3) is 0 Å². The molecule has 2 N–H and O–H groups in total. The Balaban J connectivity index is 0.00000121. The second-order valence-corrected chi connectivity index (χ2v) is 2.10. The number of nitrogens with one attached hydrogen (secondary N) is 2. The lowest BCUT2D eigenvalue weighted by Crippen LogP contribution is -2.07. The molecule has 1 rings (SSSR count). The Bertz CT molecular complexity index is 265. The summed E-state index contributed by atoms with van der Waals surface area (Å²) in [5.74, 6) is 0. The van der Waals surface area contributed by atoms with E-state index in [0.29, 0.717) is 5.56 Å². The van der Waals surface area contributed by atoms with Crippen molar-refractivity contribution in [1.82, 2.24) is 4.94 Å². The lowest BCUT2D eigenvalue weighted by atomic mass is 10.2. The van der Waals surface area contributed by atoms with Crippen LogP contribution in [0.1, 0.15) is 5.56 Å². The van der Waals surface area contributed by atoms with Crippen LogP contribution in [0.2, 0.25) is 0 Å². The van der Waals surface area contributed by atoms with Gasteiger partial charge in [0.2, 0.25) is 0 Å². The molecular formula is C7H7Cl2N3. The second kappa shape index (κ2) is 5.67. The maximum Gasteiger partial charge on any atom is 0.0991 e. The first-order chi connectivity index (χ1) is 5.36. The van der Waals surface area contributed by atoms with Gasteiger partial charge in [0.15, 0.2) is 0 Å². The van der Waals surface area contributed by atoms with Gasteiger partial charge in [-0.1, -0.05) is 0 Å². The first-order valence-electron chi connectivity index (χ1n) is 2.98. The van der Waals surface area contributed by atoms with Crippen molar-refractivity contribution in [2.75, 3.05) is 5.43 Å². The van der Waals surface area contributed by atoms with Gasteiger partial charge in [-0.25, -0.2) is 0 Å². The van der Waals surface area contributed by atoms with E-state index >= 15 is 0 Å². The number of hydrogen-bond donors (Lipinski definition) is 2. The monoisotopic (exact) mass is 203 g/mol. The average Bonchev–Trinajstić information content (AvgIpc) is 2.07. The highest BCUT2D eigenvalue weighted by molar-refractivity contribution is 6.13. The van der Waals surface area contributed by atoms with Crippen molar-refractivity contribution in [1.29, 1.82) is 5.26 Å². The van der Waals surface area contributed by atoms with E-state index < -0.39 is 0 Å². The van der Waals surface area contributed by atoms with Gasteiger partial charge in [-0.3, -0.25) is 0 Å². The van der Waals surface area contributed by atoms with E-state index in [-0.39, 0.29) is 12.4 Å². The summed E-state index contributed by atoms with van der Waals surface area (Å²) in [6.07, 6.45) is 0. The minimum absolute atomic E-state index is 0. The number of nitrogens with zero attached hydrogens (tertiary/aromatic N) is 1. The number of halogens is 2. The van der Waals surface area contributed by atoms with Crippen molar-refractivity contribution in [2.45, 2.75) is 0 Å². The predicted octanol–water partition coefficient (Wildman–Crippen LogP) is 2.05. The van der Waals surface area contributed by atoms with Crippen LogP contribution < -0.4 is 10.4 Å². The first-order valence-corrected chi connectivity index (χ1v) is 3.36. The minimum atomic E-state index is 0. The maximum atomic E-state index is 8.45. The fourth-order valence-corrected chi connectivity index (χ4v) is 0.792. The Kier molecular flexibility index (Phi) is 5.22. The fourth-order valence-electron chi connectivity index (χ4n) is 0.683. The molecule has 64 valence electrons. The molecule has 0 bridgehead atoms. The zero-order valence-electron chi connectivity index (χ0n) is 6.04. The highest BCUT2D eigenvalue weighted by Crippen LogP contribution is 2.06. The van der Waals surface area contributed by atoms with E-state index in [1.54, 1.807) is 24.3 Å². The summed E-state index contributed by atoms with van der Waals surface area (Å²) in [5.41, 5.74) is 4.11. The zero-order valence-corrected chi connectivity index (χ0v) is 7.62. The van der Waals surface area contributed by atoms with Gasteiger partial charge < -0.3 is 5.43 Å². The largest absolute Gasteiger partial charge is 0.308 e. The van der Waals surface area contributed by atoms with Crippen LogP contribution in [0.15, 0.2) is 24.3 Å². The molecule has 0 heterocycles. The lowest BCUT2D eigenvalue weighted by molar-refractivity contribution is 1.20. The SMILES string of the molecule is Cl.N#Cc1ccc(NNCl)cc1. The van der Waals surface area contributed by atoms with Crippen LogP contribution in [-0.2, 0) is 0 Å². The predicted molar refractivity (Wildman–Crippen MR) is 51.0 cm³/mol. The van der Waals surface area contributed by atoms with Gasteiger partial charge in [0.1, 0.15) is 0 Å². The molecule has 0 aliphatic heterocycles. The molecule has 0 aliphatic carbocycles. The Morgan fingerprint density at radius 3 is 2.25 bits per heavy atom. The van der Waals surface area contributed by atoms with E-state index in [4.69, 9.17) is 17.0 Å². The Morgan fingerprint density at radius 2 is 1.83 bits per heavy atom. The lowest BCUT2D eigenvalue weighted by Gasteiger charge is -2.00. The number of rotatable bonds is 2. The molecule has 5 heteroatoms. The Morgan fingerprint density at radius 1 is 1.25 bits per heavy atom. The molecule has 0 fully saturated rings. The molecule has 0 spiro atoms. The number of nitriles is 1. The summed E-state index contributed by atoms with van der Waals surface area (Å²) in [7, 11) is 0. The summed E-state index contributed by atoms with van der Waals surface area (Å²) < 4.78 is 0. The van der Waals surface area contributed by atoms with Crippen molar-refractivity contribution in [3.8, 4) is 6.07 Å². The first kappa shape index (κ1) is 11.1. The highest BCUT2D eigenvalue weighted by atomic mass is 35.5. The smallest absolute Gasteiger partial charge is 0.0991 e. The molecule has 0 amide bonds. The average molecular weight is 204 g/mol. The molecule has 0 saturated carbocycles. The quantitative estimate of drug-likeness (QED) is 0.572. The molecule has 1 aromatic rings. The summed E-state index contributed by atoms with van der Waals surface area (Å²) in [4.78, 5) is 2.26. The van der Waals surface area contributed by atoms with Crippen LogP contribution in [0.4, 0.5) is 5.69 Å². The highest BCUT2D eigenvalue weighted by Gasteiger charge is 1.89. The van der Waals surface area contributed by atoms with Crippen molar-refractivity contribution < 1.29 is 0 Å². The van der Waals surface area contributed by atoms with Crippen molar-refractivity contribution >= 4 is 29.9 Å². The number of anilines is 1. The van der Waals surface area contributed by atoms with Crippen LogP contribution in [0.3, 0.4) is 0 Å². The van der Waals surface area contributed by atoms with E-state index in [2.05, 4.69) is 10.4 Å². The molecule has 0 aromatic heterocycles. The third kappa shape index (κ3) is 2.97. The molecule has 0 unspecified atom stereocenters.